The largest absolute Gasteiger partial charge is 0.494 e. The van der Waals surface area contributed by atoms with Crippen molar-refractivity contribution < 1.29 is 22.6 Å². The molecule has 0 saturated heterocycles. The van der Waals surface area contributed by atoms with Gasteiger partial charge in [0.1, 0.15) is 11.6 Å². The molecule has 0 bridgehead atoms. The molecule has 190 valence electrons. The van der Waals surface area contributed by atoms with Gasteiger partial charge in [0.2, 0.25) is 0 Å². The predicted molar refractivity (Wildman–Crippen MR) is 133 cm³/mol. The third-order valence-corrected chi connectivity index (χ3v) is 7.74. The second-order valence-corrected chi connectivity index (χ2v) is 9.98. The van der Waals surface area contributed by atoms with E-state index in [0.717, 1.165) is 51.4 Å². The van der Waals surface area contributed by atoms with Crippen molar-refractivity contribution in [2.45, 2.75) is 89.8 Å². The first kappa shape index (κ1) is 25.8. The SMILES string of the molecule is C/C=C/C1CCC(c2ccc(C3CCC(OCc4ccc(OCC)cc4F)CC3)c(F)c2F)CC1. The summed E-state index contributed by atoms with van der Waals surface area (Å²) >= 11 is 0. The lowest BCUT2D eigenvalue weighted by Crippen LogP contribution is -2.22. The monoisotopic (exact) mass is 486 g/mol. The van der Waals surface area contributed by atoms with E-state index in [0.29, 0.717) is 35.0 Å². The molecular formula is C30H37F3O2. The first-order valence-corrected chi connectivity index (χ1v) is 13.1. The van der Waals surface area contributed by atoms with Crippen molar-refractivity contribution in [1.82, 2.24) is 0 Å². The number of hydrogen-bond donors (Lipinski definition) is 0. The maximum absolute atomic E-state index is 15.1. The molecule has 0 atom stereocenters. The molecule has 4 rings (SSSR count). The lowest BCUT2D eigenvalue weighted by Gasteiger charge is -2.30. The van der Waals surface area contributed by atoms with E-state index in [2.05, 4.69) is 12.2 Å². The number of allylic oxidation sites excluding steroid dienone is 2. The van der Waals surface area contributed by atoms with Crippen LogP contribution in [0.5, 0.6) is 5.75 Å². The van der Waals surface area contributed by atoms with Crippen LogP contribution in [0.2, 0.25) is 0 Å². The summed E-state index contributed by atoms with van der Waals surface area (Å²) in [6.07, 6.45) is 11.2. The highest BCUT2D eigenvalue weighted by atomic mass is 19.2. The minimum atomic E-state index is -0.668. The van der Waals surface area contributed by atoms with E-state index in [-0.39, 0.29) is 30.4 Å². The number of rotatable bonds is 8. The Hall–Kier alpha value is -2.27. The van der Waals surface area contributed by atoms with Crippen molar-refractivity contribution in [2.24, 2.45) is 5.92 Å². The summed E-state index contributed by atoms with van der Waals surface area (Å²) in [4.78, 5) is 0. The van der Waals surface area contributed by atoms with Crippen LogP contribution in [0.4, 0.5) is 13.2 Å². The zero-order valence-electron chi connectivity index (χ0n) is 20.9. The van der Waals surface area contributed by atoms with Crippen LogP contribution in [0, 0.1) is 23.4 Å². The van der Waals surface area contributed by atoms with E-state index in [1.54, 1.807) is 12.1 Å². The number of ether oxygens (including phenoxy) is 2. The molecule has 0 radical (unpaired) electrons. The Kier molecular flexibility index (Phi) is 8.94. The lowest BCUT2D eigenvalue weighted by molar-refractivity contribution is 0.0118. The summed E-state index contributed by atoms with van der Waals surface area (Å²) in [5.74, 6) is -0.487. The van der Waals surface area contributed by atoms with Crippen molar-refractivity contribution in [1.29, 1.82) is 0 Å². The van der Waals surface area contributed by atoms with Gasteiger partial charge in [0.25, 0.3) is 0 Å². The quantitative estimate of drug-likeness (QED) is 0.348. The van der Waals surface area contributed by atoms with Gasteiger partial charge < -0.3 is 9.47 Å². The highest BCUT2D eigenvalue weighted by Crippen LogP contribution is 2.41. The first-order chi connectivity index (χ1) is 17.0. The first-order valence-electron chi connectivity index (χ1n) is 13.1. The van der Waals surface area contributed by atoms with Gasteiger partial charge in [-0.15, -0.1) is 0 Å². The summed E-state index contributed by atoms with van der Waals surface area (Å²) in [6.45, 7) is 4.57. The summed E-state index contributed by atoms with van der Waals surface area (Å²) < 4.78 is 55.8. The van der Waals surface area contributed by atoms with Crippen molar-refractivity contribution in [3.05, 3.63) is 76.6 Å². The molecule has 5 heteroatoms. The maximum Gasteiger partial charge on any atom is 0.162 e. The lowest BCUT2D eigenvalue weighted by atomic mass is 9.77. The average molecular weight is 487 g/mol. The normalized spacial score (nSPS) is 25.2. The molecule has 0 unspecified atom stereocenters. The van der Waals surface area contributed by atoms with Gasteiger partial charge in [-0.3, -0.25) is 0 Å². The van der Waals surface area contributed by atoms with Crippen molar-refractivity contribution >= 4 is 0 Å². The molecule has 0 amide bonds. The highest BCUT2D eigenvalue weighted by Gasteiger charge is 2.29. The summed E-state index contributed by atoms with van der Waals surface area (Å²) in [7, 11) is 0. The van der Waals surface area contributed by atoms with Gasteiger partial charge in [0, 0.05) is 11.6 Å². The molecule has 0 N–H and O–H groups in total. The Morgan fingerprint density at radius 2 is 1.43 bits per heavy atom. The van der Waals surface area contributed by atoms with Gasteiger partial charge in [0.15, 0.2) is 11.6 Å². The molecule has 0 aromatic heterocycles. The van der Waals surface area contributed by atoms with Crippen LogP contribution < -0.4 is 4.74 Å². The molecule has 2 fully saturated rings. The van der Waals surface area contributed by atoms with E-state index in [9.17, 15) is 4.39 Å². The molecule has 2 aliphatic rings. The summed E-state index contributed by atoms with van der Waals surface area (Å²) in [5, 5.41) is 0. The Labute approximate surface area is 207 Å². The Bertz CT molecular complexity index is 1000. The topological polar surface area (TPSA) is 18.5 Å². The minimum absolute atomic E-state index is 0.00300. The molecule has 2 aliphatic carbocycles. The minimum Gasteiger partial charge on any atom is -0.494 e. The van der Waals surface area contributed by atoms with Crippen molar-refractivity contribution in [2.75, 3.05) is 6.61 Å². The molecule has 0 spiro atoms. The molecule has 2 aromatic carbocycles. The van der Waals surface area contributed by atoms with Crippen molar-refractivity contribution in [3.8, 4) is 5.75 Å². The van der Waals surface area contributed by atoms with Gasteiger partial charge in [-0.05, 0) is 100 Å². The fraction of sp³-hybridized carbons (Fsp3) is 0.533. The third-order valence-electron chi connectivity index (χ3n) is 7.74. The fourth-order valence-electron chi connectivity index (χ4n) is 5.75. The zero-order valence-corrected chi connectivity index (χ0v) is 20.9. The zero-order chi connectivity index (χ0) is 24.8. The van der Waals surface area contributed by atoms with E-state index in [1.807, 2.05) is 26.0 Å². The van der Waals surface area contributed by atoms with Gasteiger partial charge >= 0.3 is 0 Å². The van der Waals surface area contributed by atoms with Gasteiger partial charge in [-0.1, -0.05) is 30.4 Å². The fourth-order valence-corrected chi connectivity index (χ4v) is 5.75. The van der Waals surface area contributed by atoms with Gasteiger partial charge in [-0.25, -0.2) is 13.2 Å². The predicted octanol–water partition coefficient (Wildman–Crippen LogP) is 8.60. The Morgan fingerprint density at radius 1 is 0.829 bits per heavy atom. The van der Waals surface area contributed by atoms with Crippen LogP contribution in [-0.4, -0.2) is 12.7 Å². The van der Waals surface area contributed by atoms with Crippen molar-refractivity contribution in [3.63, 3.8) is 0 Å². The van der Waals surface area contributed by atoms with E-state index in [4.69, 9.17) is 9.47 Å². The molecule has 2 aromatic rings. The Balaban J connectivity index is 1.31. The van der Waals surface area contributed by atoms with Gasteiger partial charge in [-0.2, -0.15) is 0 Å². The molecule has 2 saturated carbocycles. The second-order valence-electron chi connectivity index (χ2n) is 9.98. The number of hydrogen-bond acceptors (Lipinski definition) is 2. The number of benzene rings is 2. The highest BCUT2D eigenvalue weighted by molar-refractivity contribution is 5.32. The van der Waals surface area contributed by atoms with Crippen LogP contribution in [0.25, 0.3) is 0 Å². The summed E-state index contributed by atoms with van der Waals surface area (Å²) in [5.41, 5.74) is 1.53. The van der Waals surface area contributed by atoms with E-state index < -0.39 is 11.6 Å². The van der Waals surface area contributed by atoms with E-state index >= 15 is 8.78 Å². The van der Waals surface area contributed by atoms with Crippen LogP contribution in [0.1, 0.15) is 93.7 Å². The standard InChI is InChI=1S/C30H37F3O2/c1-3-5-20-6-8-21(9-7-20)26-16-17-27(30(33)29(26)32)22-10-13-24(14-11-22)35-19-23-12-15-25(34-4-2)18-28(23)31/h3,5,12,15-18,20-22,24H,4,6-11,13-14,19H2,1-2H3/b5-3+. The Morgan fingerprint density at radius 3 is 1.97 bits per heavy atom. The molecular weight excluding hydrogens is 449 g/mol. The van der Waals surface area contributed by atoms with Crippen LogP contribution in [0.3, 0.4) is 0 Å². The molecule has 35 heavy (non-hydrogen) atoms. The van der Waals surface area contributed by atoms with E-state index in [1.165, 1.54) is 6.07 Å². The van der Waals surface area contributed by atoms with Gasteiger partial charge in [0.05, 0.1) is 19.3 Å². The molecule has 0 aliphatic heterocycles. The molecule has 2 nitrogen and oxygen atoms in total. The maximum atomic E-state index is 15.1. The summed E-state index contributed by atoms with van der Waals surface area (Å²) in [6, 6.07) is 8.46. The van der Waals surface area contributed by atoms with Crippen LogP contribution in [0.15, 0.2) is 42.5 Å². The number of halogens is 3. The second kappa shape index (κ2) is 12.1. The molecule has 0 heterocycles. The smallest absolute Gasteiger partial charge is 0.162 e. The third kappa shape index (κ3) is 6.30. The van der Waals surface area contributed by atoms with Crippen LogP contribution >= 0.6 is 0 Å². The average Bonchev–Trinajstić information content (AvgIpc) is 2.87. The van der Waals surface area contributed by atoms with Crippen LogP contribution in [-0.2, 0) is 11.3 Å².